The Morgan fingerprint density at radius 3 is 2.62 bits per heavy atom. The van der Waals surface area contributed by atoms with Gasteiger partial charge in [0.2, 0.25) is 0 Å². The molecular weight excluding hydrogens is 260 g/mol. The zero-order valence-electron chi connectivity index (χ0n) is 13.1. The number of ketones is 1. The normalized spacial score (nSPS) is 23.6. The van der Waals surface area contributed by atoms with Crippen molar-refractivity contribution < 1.29 is 4.79 Å². The van der Waals surface area contributed by atoms with E-state index in [1.54, 1.807) is 0 Å². The Hall–Kier alpha value is -1.61. The number of Topliss-reactive ketones (excluding diaryl/α,β-unsaturated/α-hetero) is 1. The van der Waals surface area contributed by atoms with E-state index in [-0.39, 0.29) is 5.78 Å². The van der Waals surface area contributed by atoms with Crippen LogP contribution < -0.4 is 0 Å². The Bertz CT molecular complexity index is 648. The Kier molecular flexibility index (Phi) is 3.85. The molecule has 1 N–H and O–H groups in total. The summed E-state index contributed by atoms with van der Waals surface area (Å²) in [5.41, 5.74) is 2.91. The van der Waals surface area contributed by atoms with Crippen LogP contribution in [0.1, 0.15) is 36.3 Å². The van der Waals surface area contributed by atoms with Gasteiger partial charge in [-0.05, 0) is 31.2 Å². The highest BCUT2D eigenvalue weighted by molar-refractivity contribution is 6.10. The molecule has 3 heteroatoms. The molecule has 1 saturated heterocycles. The highest BCUT2D eigenvalue weighted by Crippen LogP contribution is 2.25. The third-order valence-corrected chi connectivity index (χ3v) is 4.48. The van der Waals surface area contributed by atoms with Gasteiger partial charge < -0.3 is 4.98 Å². The van der Waals surface area contributed by atoms with Gasteiger partial charge in [0.05, 0.1) is 6.54 Å². The lowest BCUT2D eigenvalue weighted by Crippen LogP contribution is -2.41. The van der Waals surface area contributed by atoms with Gasteiger partial charge in [-0.25, -0.2) is 0 Å². The number of aryl methyl sites for hydroxylation is 1. The number of carbonyl (C=O) groups excluding carboxylic acids is 1. The lowest BCUT2D eigenvalue weighted by atomic mass is 9.91. The maximum atomic E-state index is 12.8. The molecule has 1 aromatic heterocycles. The number of carbonyl (C=O) groups is 1. The molecular formula is C18H24N2O. The summed E-state index contributed by atoms with van der Waals surface area (Å²) in [5, 5.41) is 1.05. The van der Waals surface area contributed by atoms with Gasteiger partial charge in [0.1, 0.15) is 0 Å². The molecule has 1 aliphatic heterocycles. The van der Waals surface area contributed by atoms with Crippen LogP contribution in [0.3, 0.4) is 0 Å². The maximum Gasteiger partial charge on any atom is 0.179 e. The maximum absolute atomic E-state index is 12.8. The molecule has 2 atom stereocenters. The Morgan fingerprint density at radius 2 is 1.90 bits per heavy atom. The highest BCUT2D eigenvalue weighted by atomic mass is 16.1. The fourth-order valence-electron chi connectivity index (χ4n) is 3.84. The first-order valence-electron chi connectivity index (χ1n) is 7.87. The Labute approximate surface area is 126 Å². The summed E-state index contributed by atoms with van der Waals surface area (Å²) in [4.78, 5) is 18.4. The predicted octanol–water partition coefficient (Wildman–Crippen LogP) is 3.64. The molecule has 0 bridgehead atoms. The second-order valence-corrected chi connectivity index (χ2v) is 6.73. The predicted molar refractivity (Wildman–Crippen MR) is 86.8 cm³/mol. The number of hydrogen-bond acceptors (Lipinski definition) is 2. The molecule has 0 radical (unpaired) electrons. The van der Waals surface area contributed by atoms with E-state index in [9.17, 15) is 4.79 Å². The van der Waals surface area contributed by atoms with Crippen molar-refractivity contribution >= 4 is 16.7 Å². The average Bonchev–Trinajstić information content (AvgIpc) is 2.73. The second-order valence-electron chi connectivity index (χ2n) is 6.73. The number of nitrogens with one attached hydrogen (secondary N) is 1. The largest absolute Gasteiger partial charge is 0.358 e. The van der Waals surface area contributed by atoms with Crippen LogP contribution >= 0.6 is 0 Å². The smallest absolute Gasteiger partial charge is 0.179 e. The summed E-state index contributed by atoms with van der Waals surface area (Å²) in [7, 11) is 0. The topological polar surface area (TPSA) is 36.1 Å². The van der Waals surface area contributed by atoms with E-state index < -0.39 is 0 Å². The average molecular weight is 284 g/mol. The molecule has 0 unspecified atom stereocenters. The molecule has 21 heavy (non-hydrogen) atoms. The van der Waals surface area contributed by atoms with Crippen LogP contribution in [0.4, 0.5) is 0 Å². The summed E-state index contributed by atoms with van der Waals surface area (Å²) < 4.78 is 0. The molecule has 0 saturated carbocycles. The van der Waals surface area contributed by atoms with Crippen molar-refractivity contribution in [1.82, 2.24) is 9.88 Å². The van der Waals surface area contributed by atoms with E-state index in [1.165, 1.54) is 6.42 Å². The Balaban J connectivity index is 1.82. The van der Waals surface area contributed by atoms with Crippen molar-refractivity contribution in [2.24, 2.45) is 11.8 Å². The number of rotatable bonds is 3. The fourth-order valence-corrected chi connectivity index (χ4v) is 3.84. The number of nitrogens with zero attached hydrogens (tertiary/aromatic N) is 1. The third-order valence-electron chi connectivity index (χ3n) is 4.48. The van der Waals surface area contributed by atoms with Gasteiger partial charge in [-0.15, -0.1) is 0 Å². The van der Waals surface area contributed by atoms with Crippen molar-refractivity contribution in [3.05, 3.63) is 35.5 Å². The summed E-state index contributed by atoms with van der Waals surface area (Å²) in [5.74, 6) is 1.61. The lowest BCUT2D eigenvalue weighted by molar-refractivity contribution is 0.0850. The summed E-state index contributed by atoms with van der Waals surface area (Å²) in [6.07, 6.45) is 1.27. The van der Waals surface area contributed by atoms with Gasteiger partial charge in [0, 0.05) is 35.2 Å². The first-order valence-corrected chi connectivity index (χ1v) is 7.87. The lowest BCUT2D eigenvalue weighted by Gasteiger charge is -2.34. The molecule has 1 fully saturated rings. The van der Waals surface area contributed by atoms with Crippen LogP contribution in [0.5, 0.6) is 0 Å². The van der Waals surface area contributed by atoms with E-state index in [1.807, 2.05) is 31.2 Å². The number of aromatic nitrogens is 1. The first-order chi connectivity index (χ1) is 10.0. The first kappa shape index (κ1) is 14.3. The second kappa shape index (κ2) is 5.64. The van der Waals surface area contributed by atoms with Gasteiger partial charge in [-0.1, -0.05) is 32.0 Å². The summed E-state index contributed by atoms with van der Waals surface area (Å²) >= 11 is 0. The number of para-hydroxylation sites is 1. The molecule has 2 heterocycles. The minimum absolute atomic E-state index is 0.242. The van der Waals surface area contributed by atoms with E-state index >= 15 is 0 Å². The number of piperidine rings is 1. The highest BCUT2D eigenvalue weighted by Gasteiger charge is 2.25. The zero-order chi connectivity index (χ0) is 15.0. The zero-order valence-corrected chi connectivity index (χ0v) is 13.1. The van der Waals surface area contributed by atoms with Crippen molar-refractivity contribution in [1.29, 1.82) is 0 Å². The van der Waals surface area contributed by atoms with Crippen LogP contribution in [-0.2, 0) is 0 Å². The molecule has 2 aromatic rings. The van der Waals surface area contributed by atoms with E-state index in [2.05, 4.69) is 23.7 Å². The quantitative estimate of drug-likeness (QED) is 0.874. The number of aromatic amines is 1. The van der Waals surface area contributed by atoms with Crippen LogP contribution in [0.25, 0.3) is 10.9 Å². The van der Waals surface area contributed by atoms with Gasteiger partial charge in [0.15, 0.2) is 5.78 Å². The molecule has 1 aromatic carbocycles. The number of H-pyrrole nitrogens is 1. The van der Waals surface area contributed by atoms with Crippen molar-refractivity contribution in [2.45, 2.75) is 27.2 Å². The van der Waals surface area contributed by atoms with Crippen molar-refractivity contribution in [3.8, 4) is 0 Å². The van der Waals surface area contributed by atoms with E-state index in [0.717, 1.165) is 35.2 Å². The van der Waals surface area contributed by atoms with Crippen LogP contribution in [0, 0.1) is 18.8 Å². The standard InChI is InChI=1S/C18H24N2O/c1-12-8-13(2)10-20(9-12)11-17(21)18-14(3)19-16-7-5-4-6-15(16)18/h4-7,12-13,19H,8-11H2,1-3H3/t12-,13-/m1/s1. The number of likely N-dealkylation sites (tertiary alicyclic amines) is 1. The molecule has 1 aliphatic rings. The monoisotopic (exact) mass is 284 g/mol. The minimum atomic E-state index is 0.242. The van der Waals surface area contributed by atoms with E-state index in [0.29, 0.717) is 18.4 Å². The van der Waals surface area contributed by atoms with Crippen molar-refractivity contribution in [3.63, 3.8) is 0 Å². The van der Waals surface area contributed by atoms with Gasteiger partial charge in [0.25, 0.3) is 0 Å². The summed E-state index contributed by atoms with van der Waals surface area (Å²) in [6.45, 7) is 9.18. The Morgan fingerprint density at radius 1 is 1.24 bits per heavy atom. The molecule has 0 spiro atoms. The molecule has 3 nitrogen and oxygen atoms in total. The number of fused-ring (bicyclic) bond motifs is 1. The van der Waals surface area contributed by atoms with Crippen LogP contribution in [-0.4, -0.2) is 35.3 Å². The molecule has 0 aliphatic carbocycles. The van der Waals surface area contributed by atoms with Crippen LogP contribution in [0.15, 0.2) is 24.3 Å². The molecule has 3 rings (SSSR count). The number of benzene rings is 1. The molecule has 112 valence electrons. The van der Waals surface area contributed by atoms with Crippen LogP contribution in [0.2, 0.25) is 0 Å². The number of hydrogen-bond donors (Lipinski definition) is 1. The van der Waals surface area contributed by atoms with E-state index in [4.69, 9.17) is 0 Å². The SMILES string of the molecule is Cc1[nH]c2ccccc2c1C(=O)CN1C[C@H](C)C[C@@H](C)C1. The summed E-state index contributed by atoms with van der Waals surface area (Å²) in [6, 6.07) is 8.07. The fraction of sp³-hybridized carbons (Fsp3) is 0.500. The van der Waals surface area contributed by atoms with Gasteiger partial charge >= 0.3 is 0 Å². The molecule has 0 amide bonds. The van der Waals surface area contributed by atoms with Gasteiger partial charge in [-0.2, -0.15) is 0 Å². The van der Waals surface area contributed by atoms with Gasteiger partial charge in [-0.3, -0.25) is 9.69 Å². The third kappa shape index (κ3) is 2.88. The van der Waals surface area contributed by atoms with Crippen molar-refractivity contribution in [2.75, 3.05) is 19.6 Å². The minimum Gasteiger partial charge on any atom is -0.358 e.